The lowest BCUT2D eigenvalue weighted by atomic mass is 10.1. The number of carbonyl (C=O) groups excluding carboxylic acids is 2. The van der Waals surface area contributed by atoms with E-state index in [1.165, 1.54) is 18.3 Å². The number of rotatable bonds is 3. The molecule has 1 N–H and O–H groups in total. The molecule has 5 nitrogen and oxygen atoms in total. The molecular weight excluding hydrogens is 232 g/mol. The lowest BCUT2D eigenvalue weighted by Gasteiger charge is -2.20. The number of hydrogen-bond donors (Lipinski definition) is 1. The van der Waals surface area contributed by atoms with E-state index in [1.807, 2.05) is 0 Å². The number of anilines is 1. The molecule has 0 saturated heterocycles. The SMILES string of the molecule is C=Cc1nccc(NC(=O)OC(C)(C)C)c1C=O. The summed E-state index contributed by atoms with van der Waals surface area (Å²) in [5, 5.41) is 2.51. The second kappa shape index (κ2) is 5.44. The fourth-order valence-electron chi connectivity index (χ4n) is 1.30. The summed E-state index contributed by atoms with van der Waals surface area (Å²) in [6.45, 7) is 8.83. The molecular formula is C13H16N2O3. The number of aromatic nitrogens is 1. The normalized spacial score (nSPS) is 10.6. The largest absolute Gasteiger partial charge is 0.444 e. The van der Waals surface area contributed by atoms with Gasteiger partial charge in [0.25, 0.3) is 0 Å². The Balaban J connectivity index is 2.94. The van der Waals surface area contributed by atoms with Gasteiger partial charge >= 0.3 is 6.09 Å². The standard InChI is InChI=1S/C13H16N2O3/c1-5-10-9(8-16)11(6-7-14-10)15-12(17)18-13(2,3)4/h5-8H,1H2,2-4H3,(H,14,15,17). The first-order valence-corrected chi connectivity index (χ1v) is 5.44. The molecule has 0 aliphatic heterocycles. The quantitative estimate of drug-likeness (QED) is 0.835. The van der Waals surface area contributed by atoms with E-state index in [0.717, 1.165) is 0 Å². The highest BCUT2D eigenvalue weighted by Gasteiger charge is 2.17. The summed E-state index contributed by atoms with van der Waals surface area (Å²) in [7, 11) is 0. The Hall–Kier alpha value is -2.17. The van der Waals surface area contributed by atoms with Gasteiger partial charge < -0.3 is 4.74 Å². The van der Waals surface area contributed by atoms with E-state index in [0.29, 0.717) is 17.7 Å². The highest BCUT2D eigenvalue weighted by molar-refractivity contribution is 5.95. The van der Waals surface area contributed by atoms with Crippen LogP contribution in [-0.4, -0.2) is 23.0 Å². The molecule has 1 amide bonds. The molecule has 1 rings (SSSR count). The fourth-order valence-corrected chi connectivity index (χ4v) is 1.30. The third-order valence-corrected chi connectivity index (χ3v) is 1.97. The van der Waals surface area contributed by atoms with Crippen molar-refractivity contribution in [3.63, 3.8) is 0 Å². The summed E-state index contributed by atoms with van der Waals surface area (Å²) in [5.41, 5.74) is 0.445. The Morgan fingerprint density at radius 2 is 2.17 bits per heavy atom. The summed E-state index contributed by atoms with van der Waals surface area (Å²) in [6.07, 6.45) is 2.93. The Morgan fingerprint density at radius 1 is 1.50 bits per heavy atom. The first-order chi connectivity index (χ1) is 8.37. The van der Waals surface area contributed by atoms with Gasteiger partial charge in [-0.15, -0.1) is 0 Å². The van der Waals surface area contributed by atoms with Crippen LogP contribution in [0.5, 0.6) is 0 Å². The maximum atomic E-state index is 11.6. The molecule has 96 valence electrons. The smallest absolute Gasteiger partial charge is 0.412 e. The van der Waals surface area contributed by atoms with Crippen molar-refractivity contribution in [1.29, 1.82) is 0 Å². The number of ether oxygens (including phenoxy) is 1. The van der Waals surface area contributed by atoms with Crippen LogP contribution in [0.2, 0.25) is 0 Å². The molecule has 0 aliphatic rings. The van der Waals surface area contributed by atoms with Crippen LogP contribution in [0.1, 0.15) is 36.8 Å². The molecule has 0 bridgehead atoms. The molecule has 0 atom stereocenters. The monoisotopic (exact) mass is 248 g/mol. The van der Waals surface area contributed by atoms with E-state index >= 15 is 0 Å². The highest BCUT2D eigenvalue weighted by atomic mass is 16.6. The van der Waals surface area contributed by atoms with Gasteiger partial charge in [0.15, 0.2) is 6.29 Å². The topological polar surface area (TPSA) is 68.3 Å². The van der Waals surface area contributed by atoms with E-state index in [4.69, 9.17) is 4.74 Å². The number of pyridine rings is 1. The van der Waals surface area contributed by atoms with E-state index in [9.17, 15) is 9.59 Å². The van der Waals surface area contributed by atoms with Crippen molar-refractivity contribution in [3.05, 3.63) is 30.1 Å². The predicted octanol–water partition coefficient (Wildman–Crippen LogP) is 2.88. The van der Waals surface area contributed by atoms with Crippen molar-refractivity contribution < 1.29 is 14.3 Å². The molecule has 0 unspecified atom stereocenters. The second-order valence-electron chi connectivity index (χ2n) is 4.61. The predicted molar refractivity (Wildman–Crippen MR) is 69.6 cm³/mol. The summed E-state index contributed by atoms with van der Waals surface area (Å²) in [5.74, 6) is 0. The molecule has 0 radical (unpaired) electrons. The zero-order chi connectivity index (χ0) is 13.8. The zero-order valence-electron chi connectivity index (χ0n) is 10.7. The van der Waals surface area contributed by atoms with Crippen molar-refractivity contribution in [1.82, 2.24) is 4.98 Å². The lowest BCUT2D eigenvalue weighted by molar-refractivity contribution is 0.0636. The van der Waals surface area contributed by atoms with E-state index in [-0.39, 0.29) is 5.56 Å². The second-order valence-corrected chi connectivity index (χ2v) is 4.61. The van der Waals surface area contributed by atoms with Crippen LogP contribution in [0, 0.1) is 0 Å². The molecule has 18 heavy (non-hydrogen) atoms. The van der Waals surface area contributed by atoms with E-state index in [1.54, 1.807) is 20.8 Å². The van der Waals surface area contributed by atoms with Gasteiger partial charge in [-0.05, 0) is 32.9 Å². The third kappa shape index (κ3) is 3.69. The van der Waals surface area contributed by atoms with Crippen LogP contribution < -0.4 is 5.32 Å². The van der Waals surface area contributed by atoms with Crippen LogP contribution in [0.15, 0.2) is 18.8 Å². The number of nitrogens with zero attached hydrogens (tertiary/aromatic N) is 1. The van der Waals surface area contributed by atoms with Crippen LogP contribution in [0.3, 0.4) is 0 Å². The van der Waals surface area contributed by atoms with E-state index < -0.39 is 11.7 Å². The Labute approximate surface area is 106 Å². The van der Waals surface area contributed by atoms with Gasteiger partial charge in [-0.3, -0.25) is 15.1 Å². The zero-order valence-corrected chi connectivity index (χ0v) is 10.7. The average molecular weight is 248 g/mol. The summed E-state index contributed by atoms with van der Waals surface area (Å²) in [6, 6.07) is 1.53. The number of carbonyl (C=O) groups is 2. The van der Waals surface area contributed by atoms with Crippen LogP contribution >= 0.6 is 0 Å². The van der Waals surface area contributed by atoms with Gasteiger partial charge in [0.05, 0.1) is 16.9 Å². The molecule has 0 spiro atoms. The minimum atomic E-state index is -0.619. The maximum Gasteiger partial charge on any atom is 0.412 e. The van der Waals surface area contributed by atoms with Gasteiger partial charge in [-0.25, -0.2) is 4.79 Å². The van der Waals surface area contributed by atoms with E-state index in [2.05, 4.69) is 16.9 Å². The molecule has 0 aromatic carbocycles. The van der Waals surface area contributed by atoms with Gasteiger partial charge in [-0.2, -0.15) is 0 Å². The first kappa shape index (κ1) is 13.9. The van der Waals surface area contributed by atoms with Crippen molar-refractivity contribution in [2.75, 3.05) is 5.32 Å². The minimum Gasteiger partial charge on any atom is -0.444 e. The number of amides is 1. The number of nitrogens with one attached hydrogen (secondary N) is 1. The summed E-state index contributed by atoms with van der Waals surface area (Å²) in [4.78, 5) is 26.6. The molecule has 1 aromatic rings. The van der Waals surface area contributed by atoms with Crippen molar-refractivity contribution in [2.24, 2.45) is 0 Å². The van der Waals surface area contributed by atoms with Gasteiger partial charge in [-0.1, -0.05) is 6.58 Å². The fraction of sp³-hybridized carbons (Fsp3) is 0.308. The van der Waals surface area contributed by atoms with Crippen molar-refractivity contribution in [3.8, 4) is 0 Å². The molecule has 5 heteroatoms. The van der Waals surface area contributed by atoms with Crippen LogP contribution in [0.4, 0.5) is 10.5 Å². The first-order valence-electron chi connectivity index (χ1n) is 5.44. The molecule has 0 saturated carbocycles. The molecule has 0 fully saturated rings. The van der Waals surface area contributed by atoms with Gasteiger partial charge in [0.1, 0.15) is 5.60 Å². The summed E-state index contributed by atoms with van der Waals surface area (Å²) >= 11 is 0. The number of aldehydes is 1. The number of hydrogen-bond acceptors (Lipinski definition) is 4. The average Bonchev–Trinajstić information content (AvgIpc) is 2.25. The Bertz CT molecular complexity index is 476. The molecule has 1 heterocycles. The third-order valence-electron chi connectivity index (χ3n) is 1.97. The Kier molecular flexibility index (Phi) is 4.20. The molecule has 1 aromatic heterocycles. The summed E-state index contributed by atoms with van der Waals surface area (Å²) < 4.78 is 5.10. The Morgan fingerprint density at radius 3 is 2.67 bits per heavy atom. The molecule has 0 aliphatic carbocycles. The van der Waals surface area contributed by atoms with Crippen LogP contribution in [0.25, 0.3) is 6.08 Å². The van der Waals surface area contributed by atoms with Gasteiger partial charge in [0, 0.05) is 6.20 Å². The minimum absolute atomic E-state index is 0.276. The van der Waals surface area contributed by atoms with Crippen LogP contribution in [-0.2, 0) is 4.74 Å². The van der Waals surface area contributed by atoms with Crippen molar-refractivity contribution >= 4 is 24.1 Å². The lowest BCUT2D eigenvalue weighted by Crippen LogP contribution is -2.27. The maximum absolute atomic E-state index is 11.6. The van der Waals surface area contributed by atoms with Crippen molar-refractivity contribution in [2.45, 2.75) is 26.4 Å². The van der Waals surface area contributed by atoms with Gasteiger partial charge in [0.2, 0.25) is 0 Å². The highest BCUT2D eigenvalue weighted by Crippen LogP contribution is 2.18.